The van der Waals surface area contributed by atoms with Crippen molar-refractivity contribution in [2.45, 2.75) is 11.2 Å². The first-order chi connectivity index (χ1) is 16.6. The van der Waals surface area contributed by atoms with Gasteiger partial charge in [0.2, 0.25) is 0 Å². The van der Waals surface area contributed by atoms with E-state index in [2.05, 4.69) is 127 Å². The quantitative estimate of drug-likeness (QED) is 0.195. The maximum Gasteiger partial charge on any atom is 0.485 e. The predicted octanol–water partition coefficient (Wildman–Crippen LogP) is 3.32. The van der Waals surface area contributed by atoms with E-state index in [1.54, 1.807) is 17.4 Å². The molecule has 4 aromatic carbocycles. The van der Waals surface area contributed by atoms with Gasteiger partial charge in [-0.3, -0.25) is 0 Å². The van der Waals surface area contributed by atoms with E-state index >= 15 is 0 Å². The van der Waals surface area contributed by atoms with Gasteiger partial charge in [0.1, 0.15) is 0 Å². The Hall–Kier alpha value is -2.30. The number of alkyl halides is 3. The molecule has 0 aliphatic carbocycles. The van der Waals surface area contributed by atoms with Crippen LogP contribution in [-0.4, -0.2) is 42.5 Å². The summed E-state index contributed by atoms with van der Waals surface area (Å²) in [7, 11) is -6.09. The van der Waals surface area contributed by atoms with Gasteiger partial charge in [-0.15, -0.1) is 0 Å². The zero-order valence-electron chi connectivity index (χ0n) is 18.7. The molecule has 4 aromatic rings. The van der Waals surface area contributed by atoms with Gasteiger partial charge in [-0.2, -0.15) is 13.2 Å². The molecule has 4 rings (SSSR count). The standard InChI is InChI=1S/C25H23As2.CHF3O3S/c1-26(22-14-6-2-7-15-22)27(23-16-8-3-9-17-23,24-18-10-4-11-19-24)25-20-12-5-13-21-25;2-1(3,4)8(5,6)7/h2-21H,1H3;(H,5,6,7)/q+1;/p-1. The molecule has 0 heterocycles. The first-order valence-electron chi connectivity index (χ1n) is 10.5. The number of halogens is 3. The Morgan fingerprint density at radius 1 is 0.629 bits per heavy atom. The van der Waals surface area contributed by atoms with E-state index in [9.17, 15) is 13.2 Å². The summed E-state index contributed by atoms with van der Waals surface area (Å²) in [5, 5.41) is 0. The van der Waals surface area contributed by atoms with Crippen molar-refractivity contribution in [1.82, 2.24) is 0 Å². The Morgan fingerprint density at radius 2 is 0.886 bits per heavy atom. The van der Waals surface area contributed by atoms with E-state index in [0.29, 0.717) is 0 Å². The van der Waals surface area contributed by atoms with Crippen molar-refractivity contribution in [3.8, 4) is 0 Å². The molecule has 0 amide bonds. The maximum absolute atomic E-state index is 10.7. The largest absolute Gasteiger partial charge is 0.741 e. The fourth-order valence-electron chi connectivity index (χ4n) is 3.71. The van der Waals surface area contributed by atoms with Crippen LogP contribution >= 0.6 is 0 Å². The molecule has 9 heteroatoms. The van der Waals surface area contributed by atoms with Crippen LogP contribution in [0.15, 0.2) is 121 Å². The Balaban J connectivity index is 0.000000371. The zero-order valence-corrected chi connectivity index (χ0v) is 23.3. The molecule has 0 aliphatic heterocycles. The average Bonchev–Trinajstić information content (AvgIpc) is 2.86. The maximum atomic E-state index is 10.7. The van der Waals surface area contributed by atoms with Crippen molar-refractivity contribution in [3.05, 3.63) is 121 Å². The molecule has 182 valence electrons. The van der Waals surface area contributed by atoms with E-state index < -0.39 is 39.7 Å². The first-order valence-corrected chi connectivity index (χ1v) is 22.7. The summed E-state index contributed by atoms with van der Waals surface area (Å²) in [4.78, 5) is 0. The van der Waals surface area contributed by atoms with E-state index in [1.165, 1.54) is 0 Å². The van der Waals surface area contributed by atoms with Crippen LogP contribution in [0, 0.1) is 0 Å². The van der Waals surface area contributed by atoms with E-state index in [4.69, 9.17) is 13.0 Å². The minimum atomic E-state index is -6.09. The molecule has 0 fully saturated rings. The minimum Gasteiger partial charge on any atom is -0.741 e. The molecule has 1 atom stereocenters. The second kappa shape index (κ2) is 11.6. The van der Waals surface area contributed by atoms with Crippen LogP contribution < -0.4 is 17.4 Å². The molecule has 0 aromatic heterocycles. The zero-order chi connectivity index (χ0) is 25.5. The third kappa shape index (κ3) is 6.28. The number of hydrogen-bond donors (Lipinski definition) is 0. The van der Waals surface area contributed by atoms with Gasteiger partial charge >= 0.3 is 174 Å². The van der Waals surface area contributed by atoms with Gasteiger partial charge in [0, 0.05) is 0 Å². The van der Waals surface area contributed by atoms with Crippen molar-refractivity contribution in [3.63, 3.8) is 0 Å². The van der Waals surface area contributed by atoms with Crippen LogP contribution in [0.2, 0.25) is 5.71 Å². The molecule has 0 radical (unpaired) electrons. The SMILES string of the molecule is C[As](c1ccccc1)[As+](c1ccccc1)(c1ccccc1)c1ccccc1.O=S(=O)([O-])C(F)(F)F. The molecule has 0 bridgehead atoms. The normalized spacial score (nSPS) is 12.8. The van der Waals surface area contributed by atoms with E-state index in [0.717, 1.165) is 0 Å². The van der Waals surface area contributed by atoms with Crippen molar-refractivity contribution in [1.29, 1.82) is 0 Å². The molecule has 1 unspecified atom stereocenters. The molecule has 0 N–H and O–H groups in total. The molecule has 0 saturated carbocycles. The smallest absolute Gasteiger partial charge is 0.485 e. The van der Waals surface area contributed by atoms with Crippen LogP contribution in [0.5, 0.6) is 0 Å². The molecule has 35 heavy (non-hydrogen) atoms. The van der Waals surface area contributed by atoms with Crippen LogP contribution in [0.4, 0.5) is 13.2 Å². The number of hydrogen-bond acceptors (Lipinski definition) is 3. The topological polar surface area (TPSA) is 57.2 Å². The molecule has 3 nitrogen and oxygen atoms in total. The third-order valence-electron chi connectivity index (χ3n) is 5.25. The molecule has 0 aliphatic rings. The van der Waals surface area contributed by atoms with Crippen molar-refractivity contribution >= 4 is 51.6 Å². The van der Waals surface area contributed by atoms with Gasteiger partial charge in [0.15, 0.2) is 10.1 Å². The summed E-state index contributed by atoms with van der Waals surface area (Å²) >= 11 is -4.01. The van der Waals surface area contributed by atoms with E-state index in [-0.39, 0.29) is 0 Å². The fourth-order valence-corrected chi connectivity index (χ4v) is 34.5. The van der Waals surface area contributed by atoms with Gasteiger partial charge in [0.05, 0.1) is 0 Å². The summed E-state index contributed by atoms with van der Waals surface area (Å²) in [6.45, 7) is 0. The van der Waals surface area contributed by atoms with Crippen molar-refractivity contribution in [2.24, 2.45) is 0 Å². The van der Waals surface area contributed by atoms with Crippen molar-refractivity contribution < 1.29 is 26.1 Å². The van der Waals surface area contributed by atoms with Crippen LogP contribution in [-0.2, 0) is 10.1 Å². The Bertz CT molecular complexity index is 1210. The van der Waals surface area contributed by atoms with Gasteiger partial charge in [-0.05, 0) is 0 Å². The number of rotatable bonds is 5. The van der Waals surface area contributed by atoms with Gasteiger partial charge in [-0.25, -0.2) is 8.42 Å². The summed E-state index contributed by atoms with van der Waals surface area (Å²) in [6, 6.07) is 45.2. The molecule has 0 saturated heterocycles. The Labute approximate surface area is 209 Å². The predicted molar refractivity (Wildman–Crippen MR) is 137 cm³/mol. The van der Waals surface area contributed by atoms with Crippen LogP contribution in [0.25, 0.3) is 0 Å². The first kappa shape index (κ1) is 27.3. The summed E-state index contributed by atoms with van der Waals surface area (Å²) in [5.41, 5.74) is -3.07. The summed E-state index contributed by atoms with van der Waals surface area (Å²) < 4.78 is 65.1. The third-order valence-corrected chi connectivity index (χ3v) is 36.4. The van der Waals surface area contributed by atoms with Gasteiger partial charge < -0.3 is 4.55 Å². The second-order valence-corrected chi connectivity index (χ2v) is 31.1. The molecule has 0 spiro atoms. The van der Waals surface area contributed by atoms with Crippen LogP contribution in [0.1, 0.15) is 0 Å². The monoisotopic (exact) mass is 622 g/mol. The minimum absolute atomic E-state index is 1.41. The van der Waals surface area contributed by atoms with Gasteiger partial charge in [0.25, 0.3) is 0 Å². The Morgan fingerprint density at radius 3 is 1.14 bits per heavy atom. The second-order valence-electron chi connectivity index (χ2n) is 7.40. The van der Waals surface area contributed by atoms with Crippen LogP contribution in [0.3, 0.4) is 0 Å². The summed E-state index contributed by atoms with van der Waals surface area (Å²) in [5.74, 6) is 0. The molecular formula is C26H23As2F3O3S. The summed E-state index contributed by atoms with van der Waals surface area (Å²) in [6.07, 6.45) is 0. The fraction of sp³-hybridized carbons (Fsp3) is 0.0769. The average molecular weight is 622 g/mol. The van der Waals surface area contributed by atoms with E-state index in [1.807, 2.05) is 0 Å². The Kier molecular flexibility index (Phi) is 9.06. The van der Waals surface area contributed by atoms with Gasteiger partial charge in [-0.1, -0.05) is 0 Å². The van der Waals surface area contributed by atoms with Crippen molar-refractivity contribution in [2.75, 3.05) is 0 Å². The molecular weight excluding hydrogens is 599 g/mol. The number of benzene rings is 4.